The fraction of sp³-hybridized carbons (Fsp3) is 0.300. The molecule has 0 atom stereocenters. The lowest BCUT2D eigenvalue weighted by atomic mass is 10.2. The molecule has 1 aliphatic rings. The van der Waals surface area contributed by atoms with Gasteiger partial charge >= 0.3 is 6.03 Å². The van der Waals surface area contributed by atoms with E-state index < -0.39 is 11.6 Å². The summed E-state index contributed by atoms with van der Waals surface area (Å²) >= 11 is 0. The van der Waals surface area contributed by atoms with E-state index in [1.807, 2.05) is 55.1 Å². The second-order valence-corrected chi connectivity index (χ2v) is 6.55. The number of carbonyl (C=O) groups excluding carboxylic acids is 2. The van der Waals surface area contributed by atoms with Gasteiger partial charge in [0.25, 0.3) is 5.56 Å². The average molecular weight is 381 g/mol. The number of rotatable bonds is 4. The lowest BCUT2D eigenvalue weighted by Crippen LogP contribution is -2.36. The molecule has 0 spiro atoms. The fourth-order valence-electron chi connectivity index (χ4n) is 3.12. The first-order valence-corrected chi connectivity index (χ1v) is 9.04. The summed E-state index contributed by atoms with van der Waals surface area (Å²) in [6, 6.07) is 7.28. The fourth-order valence-corrected chi connectivity index (χ4v) is 3.12. The van der Waals surface area contributed by atoms with Crippen LogP contribution in [-0.4, -0.2) is 42.2 Å². The molecule has 28 heavy (non-hydrogen) atoms. The molecular formula is C20H23N5O3. The Kier molecular flexibility index (Phi) is 5.24. The van der Waals surface area contributed by atoms with Crippen LogP contribution in [0, 0.1) is 0 Å². The summed E-state index contributed by atoms with van der Waals surface area (Å²) in [4.78, 5) is 40.7. The lowest BCUT2D eigenvalue weighted by Gasteiger charge is -2.15. The highest BCUT2D eigenvalue weighted by Crippen LogP contribution is 2.38. The monoisotopic (exact) mass is 381 g/mol. The minimum absolute atomic E-state index is 0.0746. The molecule has 0 fully saturated rings. The normalized spacial score (nSPS) is 12.6. The van der Waals surface area contributed by atoms with Gasteiger partial charge in [0.2, 0.25) is 0 Å². The molecule has 2 heterocycles. The maximum Gasteiger partial charge on any atom is 0.343 e. The molecule has 2 aromatic rings. The standard InChI is InChI=1S/C20H23N5O3/c1-5-12-21-20(28)25-19(27)14(18(22-25)13(2)26)10-11-17-23(3)15-8-6-7-9-16(15)24(17)4/h6-10,22H,5,12H2,1-4H3,(H,21,28). The summed E-state index contributed by atoms with van der Waals surface area (Å²) in [5.41, 5.74) is 4.71. The van der Waals surface area contributed by atoms with E-state index in [1.54, 1.807) is 0 Å². The number of carbonyl (C=O) groups is 2. The van der Waals surface area contributed by atoms with E-state index in [4.69, 9.17) is 0 Å². The number of nitrogens with zero attached hydrogens (tertiary/aromatic N) is 3. The molecule has 1 aliphatic heterocycles. The van der Waals surface area contributed by atoms with Gasteiger partial charge < -0.3 is 15.1 Å². The van der Waals surface area contributed by atoms with Gasteiger partial charge in [0.15, 0.2) is 11.6 Å². The maximum absolute atomic E-state index is 12.7. The van der Waals surface area contributed by atoms with E-state index >= 15 is 0 Å². The number of H-pyrrole nitrogens is 1. The summed E-state index contributed by atoms with van der Waals surface area (Å²) in [5, 5.41) is 5.23. The number of anilines is 2. The van der Waals surface area contributed by atoms with Crippen LogP contribution in [0.4, 0.5) is 16.2 Å². The molecule has 2 N–H and O–H groups in total. The number of para-hydroxylation sites is 2. The first-order valence-electron chi connectivity index (χ1n) is 9.04. The Balaban J connectivity index is 2.06. The SMILES string of the molecule is CCCNC(=O)n1[nH]c(C(C)=O)c(C=C=C2N(C)c3ccccc3N2C)c1=O. The van der Waals surface area contributed by atoms with E-state index in [0.29, 0.717) is 6.54 Å². The minimum atomic E-state index is -0.593. The molecule has 8 heteroatoms. The molecule has 146 valence electrons. The number of benzene rings is 1. The zero-order valence-corrected chi connectivity index (χ0v) is 16.4. The molecule has 0 aliphatic carbocycles. The summed E-state index contributed by atoms with van der Waals surface area (Å²) in [5.74, 6) is 0.381. The number of aromatic amines is 1. The third-order valence-corrected chi connectivity index (χ3v) is 4.59. The first-order chi connectivity index (χ1) is 13.4. The molecule has 8 nitrogen and oxygen atoms in total. The number of ketones is 1. The summed E-state index contributed by atoms with van der Waals surface area (Å²) < 4.78 is 0.821. The topological polar surface area (TPSA) is 90.4 Å². The first kappa shape index (κ1) is 19.3. The van der Waals surface area contributed by atoms with Crippen LogP contribution in [0.2, 0.25) is 0 Å². The largest absolute Gasteiger partial charge is 0.343 e. The van der Waals surface area contributed by atoms with Crippen molar-refractivity contribution in [3.8, 4) is 0 Å². The molecule has 0 unspecified atom stereocenters. The van der Waals surface area contributed by atoms with E-state index in [1.165, 1.54) is 13.0 Å². The summed E-state index contributed by atoms with van der Waals surface area (Å²) in [7, 11) is 3.80. The Morgan fingerprint density at radius 1 is 1.18 bits per heavy atom. The Bertz CT molecular complexity index is 1030. The number of hydrogen-bond donors (Lipinski definition) is 2. The summed E-state index contributed by atoms with van der Waals surface area (Å²) in [6.07, 6.45) is 2.19. The van der Waals surface area contributed by atoms with Crippen molar-refractivity contribution in [2.75, 3.05) is 30.4 Å². The second-order valence-electron chi connectivity index (χ2n) is 6.55. The molecule has 0 saturated carbocycles. The third-order valence-electron chi connectivity index (χ3n) is 4.59. The van der Waals surface area contributed by atoms with Crippen LogP contribution in [0.15, 0.2) is 40.6 Å². The van der Waals surface area contributed by atoms with Gasteiger partial charge in [-0.1, -0.05) is 24.8 Å². The molecule has 0 bridgehead atoms. The van der Waals surface area contributed by atoms with Gasteiger partial charge in [-0.25, -0.2) is 4.79 Å². The number of amides is 1. The van der Waals surface area contributed by atoms with E-state index in [9.17, 15) is 14.4 Å². The lowest BCUT2D eigenvalue weighted by molar-refractivity contribution is 0.101. The van der Waals surface area contributed by atoms with Gasteiger partial charge in [-0.3, -0.25) is 14.7 Å². The van der Waals surface area contributed by atoms with Gasteiger partial charge in [-0.15, -0.1) is 0 Å². The molecule has 3 rings (SSSR count). The highest BCUT2D eigenvalue weighted by Gasteiger charge is 2.25. The number of Topliss-reactive ketones (excluding diaryl/α,β-unsaturated/α-hetero) is 1. The van der Waals surface area contributed by atoms with Crippen molar-refractivity contribution in [3.05, 3.63) is 57.4 Å². The van der Waals surface area contributed by atoms with Crippen LogP contribution in [0.5, 0.6) is 0 Å². The summed E-state index contributed by atoms with van der Waals surface area (Å²) in [6.45, 7) is 3.68. The minimum Gasteiger partial charge on any atom is -0.336 e. The zero-order valence-electron chi connectivity index (χ0n) is 16.4. The van der Waals surface area contributed by atoms with Crippen LogP contribution in [0.1, 0.15) is 36.3 Å². The van der Waals surface area contributed by atoms with Crippen LogP contribution in [-0.2, 0) is 0 Å². The van der Waals surface area contributed by atoms with Crippen LogP contribution >= 0.6 is 0 Å². The van der Waals surface area contributed by atoms with Gasteiger partial charge in [0.1, 0.15) is 5.69 Å². The van der Waals surface area contributed by atoms with Gasteiger partial charge in [0.05, 0.1) is 16.9 Å². The molecule has 1 aromatic carbocycles. The van der Waals surface area contributed by atoms with Gasteiger partial charge in [-0.2, -0.15) is 4.68 Å². The van der Waals surface area contributed by atoms with Crippen molar-refractivity contribution >= 4 is 29.3 Å². The molecular weight excluding hydrogens is 358 g/mol. The third kappa shape index (κ3) is 3.25. The number of hydrogen-bond acceptors (Lipinski definition) is 5. The number of aromatic nitrogens is 2. The van der Waals surface area contributed by atoms with Crippen molar-refractivity contribution in [2.45, 2.75) is 20.3 Å². The quantitative estimate of drug-likeness (QED) is 0.627. The van der Waals surface area contributed by atoms with Crippen molar-refractivity contribution < 1.29 is 9.59 Å². The smallest absolute Gasteiger partial charge is 0.336 e. The predicted molar refractivity (Wildman–Crippen MR) is 109 cm³/mol. The van der Waals surface area contributed by atoms with Gasteiger partial charge in [0, 0.05) is 27.6 Å². The zero-order chi connectivity index (χ0) is 20.4. The highest BCUT2D eigenvalue weighted by atomic mass is 16.2. The van der Waals surface area contributed by atoms with Crippen molar-refractivity contribution in [1.29, 1.82) is 0 Å². The Labute approximate surface area is 162 Å². The van der Waals surface area contributed by atoms with Crippen LogP contribution < -0.4 is 20.7 Å². The molecule has 1 amide bonds. The number of nitrogens with one attached hydrogen (secondary N) is 2. The van der Waals surface area contributed by atoms with Crippen molar-refractivity contribution in [3.63, 3.8) is 0 Å². The van der Waals surface area contributed by atoms with E-state index in [0.717, 1.165) is 28.3 Å². The van der Waals surface area contributed by atoms with Crippen molar-refractivity contribution in [2.24, 2.45) is 0 Å². The molecule has 1 aromatic heterocycles. The van der Waals surface area contributed by atoms with Crippen molar-refractivity contribution in [1.82, 2.24) is 15.1 Å². The predicted octanol–water partition coefficient (Wildman–Crippen LogP) is 2.39. The van der Waals surface area contributed by atoms with E-state index in [-0.39, 0.29) is 17.0 Å². The van der Waals surface area contributed by atoms with Crippen LogP contribution in [0.25, 0.3) is 6.08 Å². The number of fused-ring (bicyclic) bond motifs is 1. The average Bonchev–Trinajstić information content (AvgIpc) is 3.14. The molecule has 0 radical (unpaired) electrons. The highest BCUT2D eigenvalue weighted by molar-refractivity contribution is 5.96. The Morgan fingerprint density at radius 3 is 2.32 bits per heavy atom. The Hall–Kier alpha value is -3.51. The van der Waals surface area contributed by atoms with Gasteiger partial charge in [-0.05, 0) is 24.6 Å². The van der Waals surface area contributed by atoms with E-state index in [2.05, 4.69) is 16.1 Å². The van der Waals surface area contributed by atoms with Crippen LogP contribution in [0.3, 0.4) is 0 Å². The maximum atomic E-state index is 12.7. The second kappa shape index (κ2) is 7.62. The molecule has 0 saturated heterocycles. The Morgan fingerprint density at radius 2 is 1.79 bits per heavy atom.